The monoisotopic (exact) mass is 361 g/mol. The minimum absolute atomic E-state index is 0.105. The highest BCUT2D eigenvalue weighted by Gasteiger charge is 2.10. The van der Waals surface area contributed by atoms with Crippen LogP contribution < -0.4 is 10.2 Å². The van der Waals surface area contributed by atoms with Gasteiger partial charge in [0.15, 0.2) is 6.61 Å². The third kappa shape index (κ3) is 4.44. The predicted octanol–water partition coefficient (Wildman–Crippen LogP) is 4.22. The Kier molecular flexibility index (Phi) is 5.71. The molecule has 0 spiro atoms. The Labute approximate surface area is 159 Å². The Morgan fingerprint density at radius 2 is 1.78 bits per heavy atom. The van der Waals surface area contributed by atoms with E-state index >= 15 is 0 Å². The summed E-state index contributed by atoms with van der Waals surface area (Å²) in [7, 11) is 0. The van der Waals surface area contributed by atoms with Crippen molar-refractivity contribution in [1.29, 1.82) is 0 Å². The standard InChI is InChI=1S/C22H23N3O2/c1-15-13-23-16(2)22(15)17(3)24-25-21(26)14-27-20-12-8-7-11-19(20)18-9-5-4-6-10-18/h4-13,23H,14H2,1-3H3,(H,25,26)/b24-17+. The summed E-state index contributed by atoms with van der Waals surface area (Å²) in [6, 6.07) is 17.6. The summed E-state index contributed by atoms with van der Waals surface area (Å²) in [5, 5.41) is 4.20. The SMILES string of the molecule is C/C(=N\NC(=O)COc1ccccc1-c1ccccc1)c1c(C)c[nH]c1C. The van der Waals surface area contributed by atoms with Gasteiger partial charge in [-0.2, -0.15) is 5.10 Å². The lowest BCUT2D eigenvalue weighted by atomic mass is 10.1. The third-order valence-electron chi connectivity index (χ3n) is 4.32. The van der Waals surface area contributed by atoms with Gasteiger partial charge in [0, 0.05) is 23.0 Å². The molecule has 5 heteroatoms. The maximum atomic E-state index is 12.2. The molecule has 0 aliphatic rings. The first-order chi connectivity index (χ1) is 13.1. The van der Waals surface area contributed by atoms with Gasteiger partial charge in [0.1, 0.15) is 5.75 Å². The number of aryl methyl sites for hydroxylation is 2. The zero-order valence-electron chi connectivity index (χ0n) is 15.7. The first-order valence-corrected chi connectivity index (χ1v) is 8.81. The fraction of sp³-hybridized carbons (Fsp3) is 0.182. The molecule has 2 aromatic carbocycles. The van der Waals surface area contributed by atoms with Crippen LogP contribution in [0.25, 0.3) is 11.1 Å². The fourth-order valence-electron chi connectivity index (χ4n) is 3.04. The van der Waals surface area contributed by atoms with Crippen LogP contribution in [-0.4, -0.2) is 23.2 Å². The Morgan fingerprint density at radius 3 is 2.48 bits per heavy atom. The molecule has 0 radical (unpaired) electrons. The molecule has 1 amide bonds. The van der Waals surface area contributed by atoms with Crippen molar-refractivity contribution in [2.24, 2.45) is 5.10 Å². The molecule has 1 heterocycles. The molecule has 0 aliphatic heterocycles. The van der Waals surface area contributed by atoms with Crippen molar-refractivity contribution in [1.82, 2.24) is 10.4 Å². The zero-order valence-corrected chi connectivity index (χ0v) is 15.7. The van der Waals surface area contributed by atoms with Crippen LogP contribution in [0.15, 0.2) is 65.9 Å². The number of aromatic amines is 1. The van der Waals surface area contributed by atoms with Crippen molar-refractivity contribution >= 4 is 11.6 Å². The van der Waals surface area contributed by atoms with Gasteiger partial charge < -0.3 is 9.72 Å². The Morgan fingerprint density at radius 1 is 1.07 bits per heavy atom. The molecule has 0 saturated heterocycles. The van der Waals surface area contributed by atoms with Crippen LogP contribution in [0.1, 0.15) is 23.7 Å². The predicted molar refractivity (Wildman–Crippen MR) is 108 cm³/mol. The van der Waals surface area contributed by atoms with Crippen LogP contribution in [0.2, 0.25) is 0 Å². The topological polar surface area (TPSA) is 66.5 Å². The number of rotatable bonds is 6. The number of hydrogen-bond donors (Lipinski definition) is 2. The van der Waals surface area contributed by atoms with Crippen LogP contribution in [0.5, 0.6) is 5.75 Å². The second kappa shape index (κ2) is 8.36. The molecular formula is C22H23N3O2. The quantitative estimate of drug-likeness (QED) is 0.510. The van der Waals surface area contributed by atoms with Crippen LogP contribution >= 0.6 is 0 Å². The third-order valence-corrected chi connectivity index (χ3v) is 4.32. The fourth-order valence-corrected chi connectivity index (χ4v) is 3.04. The highest BCUT2D eigenvalue weighted by atomic mass is 16.5. The number of H-pyrrole nitrogens is 1. The number of nitrogens with zero attached hydrogens (tertiary/aromatic N) is 1. The maximum absolute atomic E-state index is 12.2. The normalized spacial score (nSPS) is 11.3. The van der Waals surface area contributed by atoms with Crippen molar-refractivity contribution in [3.63, 3.8) is 0 Å². The van der Waals surface area contributed by atoms with Crippen molar-refractivity contribution < 1.29 is 9.53 Å². The largest absolute Gasteiger partial charge is 0.483 e. The van der Waals surface area contributed by atoms with Crippen molar-refractivity contribution in [3.05, 3.63) is 77.6 Å². The Hall–Kier alpha value is -3.34. The summed E-state index contributed by atoms with van der Waals surface area (Å²) < 4.78 is 5.74. The van der Waals surface area contributed by atoms with E-state index in [0.717, 1.165) is 33.7 Å². The van der Waals surface area contributed by atoms with Gasteiger partial charge >= 0.3 is 0 Å². The highest BCUT2D eigenvalue weighted by molar-refractivity contribution is 6.01. The van der Waals surface area contributed by atoms with E-state index in [1.165, 1.54) is 0 Å². The Balaban J connectivity index is 1.64. The van der Waals surface area contributed by atoms with E-state index in [9.17, 15) is 4.79 Å². The van der Waals surface area contributed by atoms with E-state index in [0.29, 0.717) is 5.75 Å². The van der Waals surface area contributed by atoms with E-state index in [1.807, 2.05) is 81.6 Å². The smallest absolute Gasteiger partial charge is 0.277 e. The average Bonchev–Trinajstić information content (AvgIpc) is 3.03. The zero-order chi connectivity index (χ0) is 19.2. The number of carbonyl (C=O) groups is 1. The molecule has 0 aliphatic carbocycles. The summed E-state index contributed by atoms with van der Waals surface area (Å²) >= 11 is 0. The lowest BCUT2D eigenvalue weighted by Crippen LogP contribution is -2.25. The number of aromatic nitrogens is 1. The van der Waals surface area contributed by atoms with Gasteiger partial charge in [0.25, 0.3) is 5.91 Å². The Bertz CT molecular complexity index is 939. The minimum atomic E-state index is -0.303. The van der Waals surface area contributed by atoms with Crippen LogP contribution in [0.3, 0.4) is 0 Å². The number of carbonyl (C=O) groups excluding carboxylic acids is 1. The van der Waals surface area contributed by atoms with Gasteiger partial charge in [-0.05, 0) is 38.0 Å². The number of hydrazone groups is 1. The molecule has 0 unspecified atom stereocenters. The molecular weight excluding hydrogens is 338 g/mol. The van der Waals surface area contributed by atoms with Crippen LogP contribution in [0.4, 0.5) is 0 Å². The molecule has 3 rings (SSSR count). The summed E-state index contributed by atoms with van der Waals surface area (Å²) in [5.74, 6) is 0.361. The molecule has 138 valence electrons. The van der Waals surface area contributed by atoms with Crippen LogP contribution in [0, 0.1) is 13.8 Å². The minimum Gasteiger partial charge on any atom is -0.483 e. The van der Waals surface area contributed by atoms with E-state index in [4.69, 9.17) is 4.74 Å². The van der Waals surface area contributed by atoms with Crippen LogP contribution in [-0.2, 0) is 4.79 Å². The van der Waals surface area contributed by atoms with E-state index in [1.54, 1.807) is 0 Å². The number of para-hydroxylation sites is 1. The molecule has 2 N–H and O–H groups in total. The van der Waals surface area contributed by atoms with Gasteiger partial charge in [-0.3, -0.25) is 4.79 Å². The van der Waals surface area contributed by atoms with Crippen molar-refractivity contribution in [2.75, 3.05) is 6.61 Å². The molecule has 0 fully saturated rings. The van der Waals surface area contributed by atoms with E-state index in [2.05, 4.69) is 15.5 Å². The van der Waals surface area contributed by atoms with Crippen molar-refractivity contribution in [2.45, 2.75) is 20.8 Å². The summed E-state index contributed by atoms with van der Waals surface area (Å²) in [4.78, 5) is 15.3. The average molecular weight is 361 g/mol. The summed E-state index contributed by atoms with van der Waals surface area (Å²) in [5.41, 5.74) is 8.45. The molecule has 0 bridgehead atoms. The van der Waals surface area contributed by atoms with Gasteiger partial charge in [-0.25, -0.2) is 5.43 Å². The molecule has 3 aromatic rings. The number of benzene rings is 2. The lowest BCUT2D eigenvalue weighted by Gasteiger charge is -2.11. The highest BCUT2D eigenvalue weighted by Crippen LogP contribution is 2.29. The maximum Gasteiger partial charge on any atom is 0.277 e. The lowest BCUT2D eigenvalue weighted by molar-refractivity contribution is -0.123. The second-order valence-electron chi connectivity index (χ2n) is 6.35. The number of ether oxygens (including phenoxy) is 1. The summed E-state index contributed by atoms with van der Waals surface area (Å²) in [6.45, 7) is 5.75. The second-order valence-corrected chi connectivity index (χ2v) is 6.35. The van der Waals surface area contributed by atoms with Crippen molar-refractivity contribution in [3.8, 4) is 16.9 Å². The van der Waals surface area contributed by atoms with Gasteiger partial charge in [-0.1, -0.05) is 48.5 Å². The van der Waals surface area contributed by atoms with Gasteiger partial charge in [0.2, 0.25) is 0 Å². The van der Waals surface area contributed by atoms with Gasteiger partial charge in [-0.15, -0.1) is 0 Å². The molecule has 0 atom stereocenters. The number of hydrogen-bond acceptors (Lipinski definition) is 3. The van der Waals surface area contributed by atoms with Gasteiger partial charge in [0.05, 0.1) is 5.71 Å². The molecule has 27 heavy (non-hydrogen) atoms. The first kappa shape index (κ1) is 18.5. The number of nitrogens with one attached hydrogen (secondary N) is 2. The molecule has 1 aromatic heterocycles. The molecule has 5 nitrogen and oxygen atoms in total. The summed E-state index contributed by atoms with van der Waals surface area (Å²) in [6.07, 6.45) is 1.93. The van der Waals surface area contributed by atoms with E-state index < -0.39 is 0 Å². The number of amides is 1. The van der Waals surface area contributed by atoms with E-state index in [-0.39, 0.29) is 12.5 Å². The molecule has 0 saturated carbocycles. The first-order valence-electron chi connectivity index (χ1n) is 8.81.